The number of guanidine groups is 1. The summed E-state index contributed by atoms with van der Waals surface area (Å²) in [6.45, 7) is -1.35. The highest BCUT2D eigenvalue weighted by molar-refractivity contribution is 5.93. The molecule has 0 aromatic heterocycles. The van der Waals surface area contributed by atoms with Crippen LogP contribution in [0.15, 0.2) is 40.3 Å². The second-order valence-corrected chi connectivity index (χ2v) is 2.67. The number of aliphatic imine (C=N–C) groups is 2. The number of nitrogens with two attached hydrogens (primary N) is 2. The first-order chi connectivity index (χ1) is 9.49. The second kappa shape index (κ2) is 5.80. The molecule has 1 aromatic carbocycles. The van der Waals surface area contributed by atoms with Crippen LogP contribution in [0.4, 0.5) is 0 Å². The molecule has 0 unspecified atom stereocenters. The summed E-state index contributed by atoms with van der Waals surface area (Å²) in [7, 11) is 0. The van der Waals surface area contributed by atoms with Crippen LogP contribution in [0.1, 0.15) is 20.7 Å². The fourth-order valence-corrected chi connectivity index (χ4v) is 0.778. The molecule has 0 aliphatic rings. The monoisotopic (exact) mass is 210 g/mol. The smallest absolute Gasteiger partial charge is 0.216 e. The van der Waals surface area contributed by atoms with E-state index in [0.29, 0.717) is 0 Å². The van der Waals surface area contributed by atoms with Gasteiger partial charge < -0.3 is 11.5 Å². The number of hydrogen-bond donors (Lipinski definition) is 2. The number of hydrogen-bond acceptors (Lipinski definition) is 1. The zero-order valence-corrected chi connectivity index (χ0v) is 8.28. The quantitative estimate of drug-likeness (QED) is 0.575. The van der Waals surface area contributed by atoms with Gasteiger partial charge in [0.15, 0.2) is 0 Å². The lowest BCUT2D eigenvalue weighted by atomic mass is 10.2. The zero-order chi connectivity index (χ0) is 16.4. The Labute approximate surface area is 98.2 Å². The highest BCUT2D eigenvalue weighted by atomic mass is 15.1. The van der Waals surface area contributed by atoms with Crippen molar-refractivity contribution < 1.29 is 8.22 Å². The first-order valence-electron chi connectivity index (χ1n) is 7.22. The van der Waals surface area contributed by atoms with E-state index in [1.807, 2.05) is 0 Å². The first kappa shape index (κ1) is 5.30. The Morgan fingerprint density at radius 3 is 3.07 bits per heavy atom. The molecule has 0 amide bonds. The van der Waals surface area contributed by atoms with Crippen molar-refractivity contribution in [2.75, 3.05) is 6.50 Å². The van der Waals surface area contributed by atoms with E-state index in [2.05, 4.69) is 9.98 Å². The van der Waals surface area contributed by atoms with Crippen LogP contribution in [0.3, 0.4) is 0 Å². The van der Waals surface area contributed by atoms with E-state index < -0.39 is 24.9 Å². The molecule has 15 heavy (non-hydrogen) atoms. The van der Waals surface area contributed by atoms with E-state index in [1.165, 1.54) is 25.1 Å². The van der Waals surface area contributed by atoms with Crippen molar-refractivity contribution in [3.63, 3.8) is 0 Å². The molecule has 0 atom stereocenters. The SMILES string of the molecule is [2H]c1cccc(C([2H])([2H])C([2H])([2H])N=C(N)N=C(C)N)c1[2H]. The number of benzene rings is 1. The molecule has 0 radical (unpaired) electrons. The van der Waals surface area contributed by atoms with Gasteiger partial charge >= 0.3 is 0 Å². The lowest BCUT2D eigenvalue weighted by Gasteiger charge is -1.97. The summed E-state index contributed by atoms with van der Waals surface area (Å²) in [6, 6.07) is 3.32. The molecule has 4 N–H and O–H groups in total. The third-order valence-electron chi connectivity index (χ3n) is 1.30. The standard InChI is InChI=1S/C11H16N4/c1-9(12)15-11(13)14-8-7-10-5-3-2-4-6-10/h2-6H,7-8H2,1H3,(H4,12,13,14,15)/i3D,5D,7D2,8D2. The first-order valence-corrected chi connectivity index (χ1v) is 4.22. The Hall–Kier alpha value is -1.84. The van der Waals surface area contributed by atoms with Crippen LogP contribution >= 0.6 is 0 Å². The van der Waals surface area contributed by atoms with Crippen LogP contribution in [0.5, 0.6) is 0 Å². The van der Waals surface area contributed by atoms with Gasteiger partial charge in [-0.2, -0.15) is 0 Å². The van der Waals surface area contributed by atoms with E-state index in [1.54, 1.807) is 0 Å². The molecule has 4 nitrogen and oxygen atoms in total. The Morgan fingerprint density at radius 1 is 1.53 bits per heavy atom. The van der Waals surface area contributed by atoms with E-state index in [4.69, 9.17) is 19.7 Å². The molecular formula is C11H16N4. The Bertz CT molecular complexity index is 592. The van der Waals surface area contributed by atoms with Gasteiger partial charge in [0.2, 0.25) is 5.96 Å². The number of rotatable bonds is 3. The zero-order valence-electron chi connectivity index (χ0n) is 14.3. The Kier molecular flexibility index (Phi) is 2.05. The summed E-state index contributed by atoms with van der Waals surface area (Å²) in [5, 5.41) is 0. The van der Waals surface area contributed by atoms with E-state index in [9.17, 15) is 0 Å². The summed E-state index contributed by atoms with van der Waals surface area (Å²) in [6.07, 6.45) is -2.66. The Morgan fingerprint density at radius 2 is 2.33 bits per heavy atom. The molecule has 0 aliphatic carbocycles. The van der Waals surface area contributed by atoms with Crippen molar-refractivity contribution in [2.45, 2.75) is 13.3 Å². The summed E-state index contributed by atoms with van der Waals surface area (Å²) in [4.78, 5) is 6.95. The number of amidine groups is 1. The maximum Gasteiger partial charge on any atom is 0.216 e. The predicted molar refractivity (Wildman–Crippen MR) is 63.9 cm³/mol. The highest BCUT2D eigenvalue weighted by Gasteiger charge is 1.91. The van der Waals surface area contributed by atoms with Crippen molar-refractivity contribution in [2.24, 2.45) is 21.5 Å². The third-order valence-corrected chi connectivity index (χ3v) is 1.30. The summed E-state index contributed by atoms with van der Waals surface area (Å²) >= 11 is 0. The van der Waals surface area contributed by atoms with E-state index in [0.717, 1.165) is 0 Å². The van der Waals surface area contributed by atoms with Gasteiger partial charge in [-0.15, -0.1) is 0 Å². The fraction of sp³-hybridized carbons (Fsp3) is 0.273. The summed E-state index contributed by atoms with van der Waals surface area (Å²) in [5.74, 6) is -0.445. The number of aryl methyl sites for hydroxylation is 1. The molecule has 1 rings (SSSR count). The minimum atomic E-state index is -2.78. The van der Waals surface area contributed by atoms with E-state index >= 15 is 0 Å². The maximum absolute atomic E-state index is 7.93. The van der Waals surface area contributed by atoms with Crippen LogP contribution in [-0.4, -0.2) is 18.3 Å². The molecule has 0 spiro atoms. The van der Waals surface area contributed by atoms with Crippen molar-refractivity contribution in [3.8, 4) is 0 Å². The van der Waals surface area contributed by atoms with Gasteiger partial charge in [-0.1, -0.05) is 30.3 Å². The van der Waals surface area contributed by atoms with Crippen LogP contribution in [0, 0.1) is 0 Å². The molecule has 0 heterocycles. The van der Waals surface area contributed by atoms with Gasteiger partial charge in [-0.25, -0.2) is 4.99 Å². The lowest BCUT2D eigenvalue weighted by Crippen LogP contribution is -2.16. The van der Waals surface area contributed by atoms with Crippen LogP contribution in [-0.2, 0) is 6.37 Å². The average Bonchev–Trinajstić information content (AvgIpc) is 2.30. The molecule has 0 saturated carbocycles. The van der Waals surface area contributed by atoms with Crippen molar-refractivity contribution >= 4 is 11.8 Å². The van der Waals surface area contributed by atoms with Crippen LogP contribution in [0.25, 0.3) is 0 Å². The molecule has 0 saturated heterocycles. The molecule has 1 aromatic rings. The maximum atomic E-state index is 7.93. The molecule has 0 aliphatic heterocycles. The van der Waals surface area contributed by atoms with Gasteiger partial charge in [0.25, 0.3) is 0 Å². The van der Waals surface area contributed by atoms with Crippen LogP contribution < -0.4 is 11.5 Å². The summed E-state index contributed by atoms with van der Waals surface area (Å²) < 4.78 is 46.6. The molecule has 4 heteroatoms. The Balaban J connectivity index is 3.34. The second-order valence-electron chi connectivity index (χ2n) is 2.67. The molecule has 0 bridgehead atoms. The fourth-order valence-electron chi connectivity index (χ4n) is 0.778. The minimum absolute atomic E-state index is 0.0574. The molecular weight excluding hydrogens is 188 g/mol. The van der Waals surface area contributed by atoms with Gasteiger partial charge in [-0.05, 0) is 18.9 Å². The highest BCUT2D eigenvalue weighted by Crippen LogP contribution is 1.99. The van der Waals surface area contributed by atoms with Crippen LogP contribution in [0.2, 0.25) is 0 Å². The van der Waals surface area contributed by atoms with Gasteiger partial charge in [0, 0.05) is 9.24 Å². The van der Waals surface area contributed by atoms with E-state index in [-0.39, 0.29) is 17.4 Å². The molecule has 0 fully saturated rings. The van der Waals surface area contributed by atoms with Gasteiger partial charge in [0.1, 0.15) is 0 Å². The third kappa shape index (κ3) is 4.81. The van der Waals surface area contributed by atoms with Crippen molar-refractivity contribution in [1.29, 1.82) is 0 Å². The normalized spacial score (nSPS) is 20.6. The van der Waals surface area contributed by atoms with Gasteiger partial charge in [-0.3, -0.25) is 4.99 Å². The lowest BCUT2D eigenvalue weighted by molar-refractivity contribution is 0.962. The largest absolute Gasteiger partial charge is 0.387 e. The number of nitrogens with zero attached hydrogens (tertiary/aromatic N) is 2. The van der Waals surface area contributed by atoms with Crippen molar-refractivity contribution in [1.82, 2.24) is 0 Å². The molecule has 80 valence electrons. The average molecular weight is 210 g/mol. The van der Waals surface area contributed by atoms with Gasteiger partial charge in [0.05, 0.1) is 11.3 Å². The minimum Gasteiger partial charge on any atom is -0.387 e. The topological polar surface area (TPSA) is 76.8 Å². The summed E-state index contributed by atoms with van der Waals surface area (Å²) in [5.41, 5.74) is 10.4. The van der Waals surface area contributed by atoms with Crippen molar-refractivity contribution in [3.05, 3.63) is 35.8 Å². The predicted octanol–water partition coefficient (Wildman–Crippen LogP) is 0.921.